The third-order valence-electron chi connectivity index (χ3n) is 9.62. The number of hydrogen-bond donors (Lipinski definition) is 1. The Labute approximate surface area is 316 Å². The van der Waals surface area contributed by atoms with Crippen LogP contribution in [0.5, 0.6) is 0 Å². The van der Waals surface area contributed by atoms with Gasteiger partial charge < -0.3 is 18.9 Å². The van der Waals surface area contributed by atoms with Gasteiger partial charge in [-0.25, -0.2) is 0 Å². The van der Waals surface area contributed by atoms with Gasteiger partial charge in [-0.05, 0) is 62.3 Å². The average Bonchev–Trinajstić information content (AvgIpc) is 3.76. The van der Waals surface area contributed by atoms with Crippen LogP contribution in [0.1, 0.15) is 91.8 Å². The maximum atomic E-state index is 13.3. The number of benzene rings is 2. The molecule has 7 rings (SSSR count). The van der Waals surface area contributed by atoms with Crippen molar-refractivity contribution < 1.29 is 38.1 Å². The van der Waals surface area contributed by atoms with Gasteiger partial charge in [0.05, 0.1) is 49.0 Å². The van der Waals surface area contributed by atoms with Crippen LogP contribution < -0.4 is 5.32 Å². The highest BCUT2D eigenvalue weighted by atomic mass is 32.1. The lowest BCUT2D eigenvalue weighted by Gasteiger charge is -2.27. The molecule has 0 spiro atoms. The topological polar surface area (TPSA) is 151 Å². The van der Waals surface area contributed by atoms with Crippen LogP contribution in [-0.4, -0.2) is 89.0 Å². The predicted octanol–water partition coefficient (Wildman–Crippen LogP) is 4.25. The Balaban J connectivity index is 0.835. The smallest absolute Gasteiger partial charge is 0.262 e. The van der Waals surface area contributed by atoms with E-state index in [2.05, 4.69) is 44.1 Å². The van der Waals surface area contributed by atoms with E-state index in [0.717, 1.165) is 49.5 Å². The molecule has 1 saturated heterocycles. The van der Waals surface area contributed by atoms with Crippen molar-refractivity contribution in [1.82, 2.24) is 25.0 Å². The third-order valence-corrected chi connectivity index (χ3v) is 10.8. The van der Waals surface area contributed by atoms with Crippen LogP contribution in [0.4, 0.5) is 0 Å². The maximum absolute atomic E-state index is 13.3. The molecule has 4 amide bonds. The maximum Gasteiger partial charge on any atom is 0.262 e. The first-order chi connectivity index (χ1) is 26.3. The van der Waals surface area contributed by atoms with Crippen molar-refractivity contribution >= 4 is 35.0 Å². The molecule has 0 saturated carbocycles. The minimum absolute atomic E-state index is 0.0803. The van der Waals surface area contributed by atoms with Gasteiger partial charge in [-0.1, -0.05) is 54.3 Å². The standard InChI is InChI=1S/C40H41N5O8S/c1-25-36-43-42-26(2)44(36)40-31(24-53-25)30(23-27-9-4-3-5-10-27)33(54-40)14-8-18-51-20-22-52-21-19-50-17-7-12-28-11-6-13-29-35(28)39(49)45(38(29)48)32-15-16-34(46)41-37(32)47/h3-6,9-11,13,25,32H,7,12,15-24H2,1-2H3,(H,41,46,47)/t25-,32?/m0/s1. The van der Waals surface area contributed by atoms with Crippen molar-refractivity contribution in [3.05, 3.63) is 98.4 Å². The van der Waals surface area contributed by atoms with Crippen molar-refractivity contribution in [3.63, 3.8) is 0 Å². The summed E-state index contributed by atoms with van der Waals surface area (Å²) in [6, 6.07) is 14.5. The van der Waals surface area contributed by atoms with E-state index in [1.807, 2.05) is 38.1 Å². The van der Waals surface area contributed by atoms with E-state index in [9.17, 15) is 19.2 Å². The number of thiophene rings is 1. The Morgan fingerprint density at radius 3 is 2.52 bits per heavy atom. The Hall–Kier alpha value is -5.04. The van der Waals surface area contributed by atoms with Crippen LogP contribution in [0.3, 0.4) is 0 Å². The zero-order chi connectivity index (χ0) is 37.6. The van der Waals surface area contributed by atoms with E-state index in [0.29, 0.717) is 58.0 Å². The predicted molar refractivity (Wildman–Crippen MR) is 197 cm³/mol. The molecule has 14 heteroatoms. The number of carbonyl (C=O) groups excluding carboxylic acids is 4. The normalized spacial score (nSPS) is 17.8. The molecule has 3 aliphatic heterocycles. The minimum atomic E-state index is -0.987. The lowest BCUT2D eigenvalue weighted by atomic mass is 9.99. The summed E-state index contributed by atoms with van der Waals surface area (Å²) in [6.07, 6.45) is 1.93. The molecule has 4 aromatic rings. The molecular weight excluding hydrogens is 711 g/mol. The van der Waals surface area contributed by atoms with E-state index >= 15 is 0 Å². The van der Waals surface area contributed by atoms with Crippen molar-refractivity contribution in [2.75, 3.05) is 39.6 Å². The summed E-state index contributed by atoms with van der Waals surface area (Å²) in [5, 5.41) is 12.0. The zero-order valence-corrected chi connectivity index (χ0v) is 31.0. The van der Waals surface area contributed by atoms with Crippen LogP contribution in [0.15, 0.2) is 48.5 Å². The first-order valence-electron chi connectivity index (χ1n) is 18.1. The Morgan fingerprint density at radius 1 is 0.944 bits per heavy atom. The SMILES string of the molecule is Cc1nnc2n1-c1sc(C#CCOCCOCCOCCCc3cccc4c3C(=O)N(C3CCC(=O)NC3=O)C4=O)c(Cc3ccccc3)c1CO[C@H]2C. The van der Waals surface area contributed by atoms with Gasteiger partial charge in [0.1, 0.15) is 29.6 Å². The molecule has 1 N–H and O–H groups in total. The molecule has 0 bridgehead atoms. The monoisotopic (exact) mass is 751 g/mol. The number of nitrogens with zero attached hydrogens (tertiary/aromatic N) is 4. The number of rotatable bonds is 14. The van der Waals surface area contributed by atoms with E-state index in [4.69, 9.17) is 18.9 Å². The van der Waals surface area contributed by atoms with Gasteiger partial charge in [0.25, 0.3) is 11.8 Å². The first-order valence-corrected chi connectivity index (χ1v) is 18.9. The quantitative estimate of drug-likeness (QED) is 0.113. The average molecular weight is 752 g/mol. The van der Waals surface area contributed by atoms with Gasteiger partial charge in [-0.15, -0.1) is 21.5 Å². The van der Waals surface area contributed by atoms with Crippen LogP contribution >= 0.6 is 11.3 Å². The largest absolute Gasteiger partial charge is 0.379 e. The molecule has 280 valence electrons. The third kappa shape index (κ3) is 7.91. The first kappa shape index (κ1) is 37.3. The number of carbonyl (C=O) groups is 4. The molecule has 54 heavy (non-hydrogen) atoms. The molecule has 2 aromatic carbocycles. The zero-order valence-electron chi connectivity index (χ0n) is 30.2. The van der Waals surface area contributed by atoms with Gasteiger partial charge in [-0.3, -0.25) is 34.0 Å². The number of ether oxygens (including phenoxy) is 4. The molecule has 0 radical (unpaired) electrons. The summed E-state index contributed by atoms with van der Waals surface area (Å²) in [6.45, 7) is 6.73. The number of hydrogen-bond acceptors (Lipinski definition) is 11. The van der Waals surface area contributed by atoms with E-state index in [1.54, 1.807) is 23.5 Å². The number of nitrogens with one attached hydrogen (secondary N) is 1. The Kier molecular flexibility index (Phi) is 11.7. The highest BCUT2D eigenvalue weighted by Crippen LogP contribution is 2.39. The number of piperidine rings is 1. The van der Waals surface area contributed by atoms with E-state index in [1.165, 1.54) is 5.56 Å². The summed E-state index contributed by atoms with van der Waals surface area (Å²) < 4.78 is 25.4. The molecule has 2 atom stereocenters. The molecule has 3 aliphatic rings. The van der Waals surface area contributed by atoms with Crippen LogP contribution in [-0.2, 0) is 48.0 Å². The molecule has 2 aromatic heterocycles. The van der Waals surface area contributed by atoms with Gasteiger partial charge in [-0.2, -0.15) is 0 Å². The van der Waals surface area contributed by atoms with Crippen LogP contribution in [0.25, 0.3) is 5.00 Å². The van der Waals surface area contributed by atoms with Crippen LogP contribution in [0.2, 0.25) is 0 Å². The summed E-state index contributed by atoms with van der Waals surface area (Å²) in [4.78, 5) is 52.2. The van der Waals surface area contributed by atoms with Crippen molar-refractivity contribution in [2.24, 2.45) is 0 Å². The van der Waals surface area contributed by atoms with Crippen molar-refractivity contribution in [2.45, 2.75) is 64.7 Å². The van der Waals surface area contributed by atoms with Crippen molar-refractivity contribution in [3.8, 4) is 16.8 Å². The summed E-state index contributed by atoms with van der Waals surface area (Å²) in [5.74, 6) is 6.11. The lowest BCUT2D eigenvalue weighted by Crippen LogP contribution is -2.54. The summed E-state index contributed by atoms with van der Waals surface area (Å²) in [5.41, 5.74) is 4.80. The summed E-state index contributed by atoms with van der Waals surface area (Å²) >= 11 is 1.63. The fraction of sp³-hybridized carbons (Fsp3) is 0.400. The second-order valence-electron chi connectivity index (χ2n) is 13.2. The number of aryl methyl sites for hydroxylation is 2. The number of aromatic nitrogens is 3. The van der Waals surface area contributed by atoms with Gasteiger partial charge >= 0.3 is 0 Å². The lowest BCUT2D eigenvalue weighted by molar-refractivity contribution is -0.136. The number of amides is 4. The second-order valence-corrected chi connectivity index (χ2v) is 14.2. The Morgan fingerprint density at radius 2 is 1.72 bits per heavy atom. The van der Waals surface area contributed by atoms with Crippen LogP contribution in [0, 0.1) is 18.8 Å². The molecular formula is C40H41N5O8S. The fourth-order valence-electron chi connectivity index (χ4n) is 6.92. The summed E-state index contributed by atoms with van der Waals surface area (Å²) in [7, 11) is 0. The molecule has 13 nitrogen and oxygen atoms in total. The highest BCUT2D eigenvalue weighted by molar-refractivity contribution is 7.15. The highest BCUT2D eigenvalue weighted by Gasteiger charge is 2.45. The molecule has 5 heterocycles. The van der Waals surface area contributed by atoms with E-state index < -0.39 is 29.7 Å². The second kappa shape index (κ2) is 17.0. The Bertz CT molecular complexity index is 2120. The minimum Gasteiger partial charge on any atom is -0.379 e. The number of fused-ring (bicyclic) bond motifs is 4. The molecule has 1 unspecified atom stereocenters. The van der Waals surface area contributed by atoms with Gasteiger partial charge in [0.2, 0.25) is 11.8 Å². The van der Waals surface area contributed by atoms with Crippen molar-refractivity contribution in [1.29, 1.82) is 0 Å². The molecule has 1 fully saturated rings. The molecule has 0 aliphatic carbocycles. The van der Waals surface area contributed by atoms with Gasteiger partial charge in [0, 0.05) is 18.6 Å². The number of imide groups is 2. The fourth-order valence-corrected chi connectivity index (χ4v) is 8.17. The van der Waals surface area contributed by atoms with Gasteiger partial charge in [0.15, 0.2) is 5.82 Å². The van der Waals surface area contributed by atoms with E-state index in [-0.39, 0.29) is 31.1 Å².